The average molecular weight is 492 g/mol. The molecule has 1 aliphatic rings. The number of hydrogen-bond donors (Lipinski definition) is 1. The van der Waals surface area contributed by atoms with Gasteiger partial charge in [-0.25, -0.2) is 23.7 Å². The van der Waals surface area contributed by atoms with Gasteiger partial charge in [0.05, 0.1) is 17.3 Å². The highest BCUT2D eigenvalue weighted by molar-refractivity contribution is 5.95. The number of piperazine rings is 1. The van der Waals surface area contributed by atoms with Crippen molar-refractivity contribution in [3.05, 3.63) is 53.7 Å². The Kier molecular flexibility index (Phi) is 5.89. The van der Waals surface area contributed by atoms with Crippen LogP contribution in [0.5, 0.6) is 0 Å². The first-order valence-corrected chi connectivity index (χ1v) is 12.0. The summed E-state index contributed by atoms with van der Waals surface area (Å²) in [6.45, 7) is 11.6. The van der Waals surface area contributed by atoms with Gasteiger partial charge in [0.2, 0.25) is 0 Å². The number of nitrogens with one attached hydrogen (secondary N) is 1. The van der Waals surface area contributed by atoms with Crippen molar-refractivity contribution in [2.24, 2.45) is 0 Å². The lowest BCUT2D eigenvalue weighted by Gasteiger charge is -2.36. The molecule has 1 N–H and O–H groups in total. The highest BCUT2D eigenvalue weighted by Crippen LogP contribution is 2.31. The second-order valence-electron chi connectivity index (χ2n) is 10.1. The first kappa shape index (κ1) is 23.8. The third-order valence-corrected chi connectivity index (χ3v) is 6.07. The van der Waals surface area contributed by atoms with Crippen molar-refractivity contribution in [2.45, 2.75) is 40.2 Å². The maximum atomic E-state index is 15.5. The third kappa shape index (κ3) is 4.75. The summed E-state index contributed by atoms with van der Waals surface area (Å²) in [5.41, 5.74) is 2.84. The SMILES string of the molecule is Cc1cn2nc(Nc3nccc4cc(N5CCN(C(=O)OC(C)(C)C)CC5)cc(F)c34)cc(C)c2n1. The molecule has 0 unspecified atom stereocenters. The van der Waals surface area contributed by atoms with Gasteiger partial charge in [-0.2, -0.15) is 0 Å². The third-order valence-electron chi connectivity index (χ3n) is 6.07. The van der Waals surface area contributed by atoms with Gasteiger partial charge in [-0.05, 0) is 69.8 Å². The van der Waals surface area contributed by atoms with Gasteiger partial charge in [0.15, 0.2) is 11.5 Å². The monoisotopic (exact) mass is 491 g/mol. The number of fused-ring (bicyclic) bond motifs is 2. The number of benzene rings is 1. The summed E-state index contributed by atoms with van der Waals surface area (Å²) >= 11 is 0. The van der Waals surface area contributed by atoms with Gasteiger partial charge in [-0.3, -0.25) is 0 Å². The van der Waals surface area contributed by atoms with Crippen LogP contribution in [0.15, 0.2) is 36.7 Å². The van der Waals surface area contributed by atoms with Crippen LogP contribution in [-0.2, 0) is 4.74 Å². The van der Waals surface area contributed by atoms with Crippen LogP contribution in [-0.4, -0.2) is 62.4 Å². The normalized spacial score (nSPS) is 14.5. The average Bonchev–Trinajstić information content (AvgIpc) is 3.19. The van der Waals surface area contributed by atoms with Crippen molar-refractivity contribution in [3.8, 4) is 0 Å². The molecule has 9 nitrogen and oxygen atoms in total. The highest BCUT2D eigenvalue weighted by atomic mass is 19.1. The molecule has 4 heterocycles. The summed E-state index contributed by atoms with van der Waals surface area (Å²) in [6, 6.07) is 7.15. The predicted octanol–water partition coefficient (Wildman–Crippen LogP) is 4.83. The second-order valence-corrected chi connectivity index (χ2v) is 10.1. The molecular formula is C26H30FN7O2. The van der Waals surface area contributed by atoms with Crippen molar-refractivity contribution >= 4 is 39.8 Å². The van der Waals surface area contributed by atoms with E-state index in [2.05, 4.69) is 25.3 Å². The zero-order valence-electron chi connectivity index (χ0n) is 21.2. The van der Waals surface area contributed by atoms with Gasteiger partial charge >= 0.3 is 6.09 Å². The van der Waals surface area contributed by atoms with Crippen molar-refractivity contribution in [1.82, 2.24) is 24.5 Å². The Balaban J connectivity index is 1.37. The van der Waals surface area contributed by atoms with Crippen LogP contribution >= 0.6 is 0 Å². The number of carbonyl (C=O) groups excluding carboxylic acids is 1. The van der Waals surface area contributed by atoms with Crippen LogP contribution in [0.2, 0.25) is 0 Å². The Morgan fingerprint density at radius 1 is 1.11 bits per heavy atom. The number of aryl methyl sites for hydroxylation is 2. The summed E-state index contributed by atoms with van der Waals surface area (Å²) in [4.78, 5) is 25.0. The molecule has 1 aromatic carbocycles. The number of carbonyl (C=O) groups is 1. The Bertz CT molecular complexity index is 1450. The van der Waals surface area contributed by atoms with E-state index in [1.54, 1.807) is 21.7 Å². The number of rotatable bonds is 3. The molecule has 0 aliphatic carbocycles. The van der Waals surface area contributed by atoms with E-state index in [4.69, 9.17) is 4.74 Å². The molecule has 0 atom stereocenters. The summed E-state index contributed by atoms with van der Waals surface area (Å²) < 4.78 is 22.6. The van der Waals surface area contributed by atoms with Crippen LogP contribution < -0.4 is 10.2 Å². The molecule has 4 aromatic rings. The maximum Gasteiger partial charge on any atom is 0.410 e. The van der Waals surface area contributed by atoms with E-state index in [0.717, 1.165) is 28.0 Å². The minimum atomic E-state index is -0.535. The fourth-order valence-electron chi connectivity index (χ4n) is 4.43. The van der Waals surface area contributed by atoms with Crippen LogP contribution in [0.25, 0.3) is 16.4 Å². The molecule has 0 bridgehead atoms. The van der Waals surface area contributed by atoms with E-state index in [0.29, 0.717) is 43.2 Å². The molecule has 0 spiro atoms. The molecule has 5 rings (SSSR count). The zero-order valence-corrected chi connectivity index (χ0v) is 21.2. The second kappa shape index (κ2) is 8.92. The number of amides is 1. The number of nitrogens with zero attached hydrogens (tertiary/aromatic N) is 6. The summed E-state index contributed by atoms with van der Waals surface area (Å²) in [5.74, 6) is 0.581. The Morgan fingerprint density at radius 3 is 2.58 bits per heavy atom. The minimum Gasteiger partial charge on any atom is -0.444 e. The molecule has 188 valence electrons. The van der Waals surface area contributed by atoms with E-state index in [1.807, 2.05) is 52.9 Å². The minimum absolute atomic E-state index is 0.318. The number of anilines is 3. The summed E-state index contributed by atoms with van der Waals surface area (Å²) in [6.07, 6.45) is 3.18. The number of pyridine rings is 1. The molecule has 1 aliphatic heterocycles. The molecule has 1 fully saturated rings. The van der Waals surface area contributed by atoms with E-state index in [9.17, 15) is 4.79 Å². The van der Waals surface area contributed by atoms with Gasteiger partial charge in [0.1, 0.15) is 17.2 Å². The van der Waals surface area contributed by atoms with E-state index in [1.165, 1.54) is 6.07 Å². The van der Waals surface area contributed by atoms with Gasteiger partial charge in [-0.15, -0.1) is 5.10 Å². The molecule has 1 saturated heterocycles. The Labute approximate surface area is 208 Å². The first-order chi connectivity index (χ1) is 17.1. The largest absolute Gasteiger partial charge is 0.444 e. The zero-order chi connectivity index (χ0) is 25.6. The standard InChI is InChI=1S/C26H30FN7O2/c1-16-12-21(31-34-15-17(2)29-24(16)34)30-23-22-18(6-7-28-23)13-19(14-20(22)27)32-8-10-33(11-9-32)25(35)36-26(3,4)5/h6-7,12-15H,8-11H2,1-5H3,(H,28,30,31). The smallest absolute Gasteiger partial charge is 0.410 e. The number of ether oxygens (including phenoxy) is 1. The quantitative estimate of drug-likeness (QED) is 0.439. The lowest BCUT2D eigenvalue weighted by Crippen LogP contribution is -2.50. The first-order valence-electron chi connectivity index (χ1n) is 12.0. The van der Waals surface area contributed by atoms with Gasteiger partial charge < -0.3 is 19.9 Å². The number of imidazole rings is 1. The predicted molar refractivity (Wildman–Crippen MR) is 137 cm³/mol. The van der Waals surface area contributed by atoms with Gasteiger partial charge in [0.25, 0.3) is 0 Å². The Hall–Kier alpha value is -3.95. The van der Waals surface area contributed by atoms with Crippen molar-refractivity contribution in [3.63, 3.8) is 0 Å². The number of hydrogen-bond acceptors (Lipinski definition) is 7. The molecule has 0 radical (unpaired) electrons. The van der Waals surface area contributed by atoms with Crippen LogP contribution in [0.3, 0.4) is 0 Å². The molecular weight excluding hydrogens is 461 g/mol. The molecule has 3 aromatic heterocycles. The number of aromatic nitrogens is 4. The summed E-state index contributed by atoms with van der Waals surface area (Å²) in [7, 11) is 0. The van der Waals surface area contributed by atoms with Crippen molar-refractivity contribution in [1.29, 1.82) is 0 Å². The van der Waals surface area contributed by atoms with Gasteiger partial charge in [-0.1, -0.05) is 0 Å². The van der Waals surface area contributed by atoms with E-state index in [-0.39, 0.29) is 11.9 Å². The number of halogens is 1. The summed E-state index contributed by atoms with van der Waals surface area (Å²) in [5, 5.41) is 8.86. The molecule has 36 heavy (non-hydrogen) atoms. The van der Waals surface area contributed by atoms with Gasteiger partial charge in [0, 0.05) is 38.1 Å². The lowest BCUT2D eigenvalue weighted by atomic mass is 10.1. The van der Waals surface area contributed by atoms with Crippen LogP contribution in [0.4, 0.5) is 26.5 Å². The van der Waals surface area contributed by atoms with Crippen LogP contribution in [0.1, 0.15) is 32.0 Å². The van der Waals surface area contributed by atoms with Crippen molar-refractivity contribution < 1.29 is 13.9 Å². The maximum absolute atomic E-state index is 15.5. The lowest BCUT2D eigenvalue weighted by molar-refractivity contribution is 0.0240. The van der Waals surface area contributed by atoms with E-state index >= 15 is 4.39 Å². The molecule has 10 heteroatoms. The fourth-order valence-corrected chi connectivity index (χ4v) is 4.43. The highest BCUT2D eigenvalue weighted by Gasteiger charge is 2.26. The molecule has 0 saturated carbocycles. The molecule has 1 amide bonds. The topological polar surface area (TPSA) is 87.9 Å². The van der Waals surface area contributed by atoms with Crippen molar-refractivity contribution in [2.75, 3.05) is 36.4 Å². The fraction of sp³-hybridized carbons (Fsp3) is 0.385. The Morgan fingerprint density at radius 2 is 1.86 bits per heavy atom. The van der Waals surface area contributed by atoms with Crippen LogP contribution in [0, 0.1) is 19.7 Å². The van der Waals surface area contributed by atoms with E-state index < -0.39 is 5.60 Å².